The Kier molecular flexibility index (Phi) is 5.86. The third-order valence-corrected chi connectivity index (χ3v) is 4.92. The molecule has 2 heteroatoms. The molecule has 0 radical (unpaired) electrons. The Balaban J connectivity index is 3.33. The second kappa shape index (κ2) is 6.83. The van der Waals surface area contributed by atoms with Gasteiger partial charge >= 0.3 is 0 Å². The van der Waals surface area contributed by atoms with Crippen LogP contribution in [0.4, 0.5) is 0 Å². The lowest BCUT2D eigenvalue weighted by Crippen LogP contribution is -2.26. The van der Waals surface area contributed by atoms with E-state index in [1.807, 2.05) is 6.92 Å². The smallest absolute Gasteiger partial charge is 0.123 e. The van der Waals surface area contributed by atoms with Gasteiger partial charge in [-0.25, -0.2) is 0 Å². The number of nitrogens with two attached hydrogens (primary N) is 1. The topological polar surface area (TPSA) is 35.2 Å². The molecule has 0 saturated carbocycles. The second-order valence-electron chi connectivity index (χ2n) is 7.35. The maximum atomic E-state index is 6.06. The van der Waals surface area contributed by atoms with Crippen LogP contribution in [0.1, 0.15) is 72.4 Å². The highest BCUT2D eigenvalue weighted by Crippen LogP contribution is 2.38. The molecule has 0 aliphatic rings. The molecule has 1 aromatic rings. The van der Waals surface area contributed by atoms with Gasteiger partial charge in [-0.2, -0.15) is 0 Å². The molecule has 0 aliphatic carbocycles. The Bertz CT molecular complexity index is 463. The molecular formula is C19H33NO. The fourth-order valence-electron chi connectivity index (χ4n) is 2.24. The van der Waals surface area contributed by atoms with Gasteiger partial charge in [0.25, 0.3) is 0 Å². The average Bonchev–Trinajstić information content (AvgIpc) is 2.47. The van der Waals surface area contributed by atoms with Gasteiger partial charge in [0.15, 0.2) is 0 Å². The fourth-order valence-corrected chi connectivity index (χ4v) is 2.24. The van der Waals surface area contributed by atoms with E-state index in [9.17, 15) is 0 Å². The molecule has 1 aromatic carbocycles. The van der Waals surface area contributed by atoms with Crippen molar-refractivity contribution in [3.63, 3.8) is 0 Å². The van der Waals surface area contributed by atoms with Crippen LogP contribution in [-0.2, 0) is 10.8 Å². The van der Waals surface area contributed by atoms with Gasteiger partial charge in [-0.1, -0.05) is 53.7 Å². The predicted octanol–water partition coefficient (Wildman–Crippen LogP) is 4.79. The third-order valence-electron chi connectivity index (χ3n) is 4.92. The van der Waals surface area contributed by atoms with Crippen molar-refractivity contribution in [1.29, 1.82) is 0 Å². The van der Waals surface area contributed by atoms with Crippen molar-refractivity contribution < 1.29 is 4.74 Å². The van der Waals surface area contributed by atoms with Crippen LogP contribution in [0.25, 0.3) is 0 Å². The molecule has 21 heavy (non-hydrogen) atoms. The average molecular weight is 291 g/mol. The van der Waals surface area contributed by atoms with E-state index in [1.165, 1.54) is 11.1 Å². The van der Waals surface area contributed by atoms with Gasteiger partial charge in [0.05, 0.1) is 0 Å². The quantitative estimate of drug-likeness (QED) is 0.784. The largest absolute Gasteiger partial charge is 0.489 e. The van der Waals surface area contributed by atoms with Crippen LogP contribution >= 0.6 is 0 Å². The molecule has 0 bridgehead atoms. The summed E-state index contributed by atoms with van der Waals surface area (Å²) in [5.41, 5.74) is 8.68. The Morgan fingerprint density at radius 1 is 1.05 bits per heavy atom. The van der Waals surface area contributed by atoms with Crippen molar-refractivity contribution in [3.8, 4) is 5.75 Å². The lowest BCUT2D eigenvalue weighted by atomic mass is 9.76. The molecule has 0 heterocycles. The summed E-state index contributed by atoms with van der Waals surface area (Å²) in [5.74, 6) is 0.982. The Labute approximate surface area is 131 Å². The van der Waals surface area contributed by atoms with Gasteiger partial charge in [-0.15, -0.1) is 0 Å². The van der Waals surface area contributed by atoms with Gasteiger partial charge in [0.2, 0.25) is 0 Å². The van der Waals surface area contributed by atoms with Gasteiger partial charge in [0, 0.05) is 12.1 Å². The first-order valence-electron chi connectivity index (χ1n) is 8.19. The van der Waals surface area contributed by atoms with Crippen LogP contribution in [0.15, 0.2) is 18.2 Å². The molecule has 0 amide bonds. The molecule has 1 atom stereocenters. The standard InChI is InChI=1S/C19H33NO/c1-8-18(4,5)15-10-11-17(21-14(3)13-20)16(12-15)19(6,7)9-2/h10-12,14H,8-9,13,20H2,1-7H3. The molecule has 2 nitrogen and oxygen atoms in total. The minimum absolute atomic E-state index is 0.0430. The molecular weight excluding hydrogens is 258 g/mol. The Morgan fingerprint density at radius 3 is 2.10 bits per heavy atom. The molecule has 1 rings (SSSR count). The van der Waals surface area contributed by atoms with Crippen molar-refractivity contribution in [1.82, 2.24) is 0 Å². The van der Waals surface area contributed by atoms with Crippen molar-refractivity contribution >= 4 is 0 Å². The second-order valence-corrected chi connectivity index (χ2v) is 7.35. The number of hydrogen-bond donors (Lipinski definition) is 1. The molecule has 0 fully saturated rings. The molecule has 120 valence electrons. The number of ether oxygens (including phenoxy) is 1. The van der Waals surface area contributed by atoms with Crippen molar-refractivity contribution in [2.45, 2.75) is 78.2 Å². The molecule has 0 aromatic heterocycles. The lowest BCUT2D eigenvalue weighted by molar-refractivity contribution is 0.223. The highest BCUT2D eigenvalue weighted by Gasteiger charge is 2.27. The summed E-state index contributed by atoms with van der Waals surface area (Å²) in [5, 5.41) is 0. The molecule has 2 N–H and O–H groups in total. The van der Waals surface area contributed by atoms with Crippen molar-refractivity contribution in [3.05, 3.63) is 29.3 Å². The minimum Gasteiger partial charge on any atom is -0.489 e. The predicted molar refractivity (Wildman–Crippen MR) is 92.2 cm³/mol. The Morgan fingerprint density at radius 2 is 1.62 bits per heavy atom. The van der Waals surface area contributed by atoms with Gasteiger partial charge in [-0.3, -0.25) is 0 Å². The van der Waals surface area contributed by atoms with Crippen LogP contribution in [-0.4, -0.2) is 12.6 Å². The highest BCUT2D eigenvalue weighted by atomic mass is 16.5. The van der Waals surface area contributed by atoms with E-state index in [0.29, 0.717) is 6.54 Å². The maximum absolute atomic E-state index is 6.06. The van der Waals surface area contributed by atoms with Crippen LogP contribution in [0.5, 0.6) is 5.75 Å². The summed E-state index contributed by atoms with van der Waals surface area (Å²) in [6, 6.07) is 6.68. The van der Waals surface area contributed by atoms with E-state index in [1.54, 1.807) is 0 Å². The molecule has 0 saturated heterocycles. The van der Waals surface area contributed by atoms with Crippen LogP contribution in [0, 0.1) is 0 Å². The highest BCUT2D eigenvalue weighted by molar-refractivity contribution is 5.44. The van der Waals surface area contributed by atoms with Crippen LogP contribution in [0.3, 0.4) is 0 Å². The summed E-state index contributed by atoms with van der Waals surface area (Å²) < 4.78 is 6.06. The van der Waals surface area contributed by atoms with E-state index < -0.39 is 0 Å². The fraction of sp³-hybridized carbons (Fsp3) is 0.684. The number of hydrogen-bond acceptors (Lipinski definition) is 2. The van der Waals surface area contributed by atoms with E-state index in [0.717, 1.165) is 18.6 Å². The molecule has 0 aliphatic heterocycles. The summed E-state index contributed by atoms with van der Waals surface area (Å²) in [6.45, 7) is 16.2. The third kappa shape index (κ3) is 4.23. The van der Waals surface area contributed by atoms with E-state index >= 15 is 0 Å². The van der Waals surface area contributed by atoms with Crippen molar-refractivity contribution in [2.24, 2.45) is 5.73 Å². The zero-order valence-electron chi connectivity index (χ0n) is 14.9. The first-order chi connectivity index (χ1) is 9.67. The maximum Gasteiger partial charge on any atom is 0.123 e. The molecule has 1 unspecified atom stereocenters. The number of rotatable bonds is 7. The van der Waals surface area contributed by atoms with Gasteiger partial charge in [0.1, 0.15) is 11.9 Å². The summed E-state index contributed by atoms with van der Waals surface area (Å²) in [6.07, 6.45) is 2.25. The summed E-state index contributed by atoms with van der Waals surface area (Å²) in [7, 11) is 0. The van der Waals surface area contributed by atoms with E-state index in [4.69, 9.17) is 10.5 Å². The Hall–Kier alpha value is -1.02. The summed E-state index contributed by atoms with van der Waals surface area (Å²) >= 11 is 0. The van der Waals surface area contributed by atoms with E-state index in [-0.39, 0.29) is 16.9 Å². The lowest BCUT2D eigenvalue weighted by Gasteiger charge is -2.31. The summed E-state index contributed by atoms with van der Waals surface area (Å²) in [4.78, 5) is 0. The van der Waals surface area contributed by atoms with Gasteiger partial charge < -0.3 is 10.5 Å². The molecule has 0 spiro atoms. The first-order valence-corrected chi connectivity index (χ1v) is 8.19. The van der Waals surface area contributed by atoms with Gasteiger partial charge in [-0.05, 0) is 42.2 Å². The van der Waals surface area contributed by atoms with Crippen molar-refractivity contribution in [2.75, 3.05) is 6.54 Å². The zero-order chi connectivity index (χ0) is 16.3. The van der Waals surface area contributed by atoms with Crippen LogP contribution in [0.2, 0.25) is 0 Å². The number of benzene rings is 1. The zero-order valence-corrected chi connectivity index (χ0v) is 14.9. The SMILES string of the molecule is CCC(C)(C)c1ccc(OC(C)CN)c(C(C)(C)CC)c1. The minimum atomic E-state index is 0.0430. The monoisotopic (exact) mass is 291 g/mol. The normalized spacial score (nSPS) is 14.1. The first kappa shape index (κ1) is 18.0. The van der Waals surface area contributed by atoms with Crippen LogP contribution < -0.4 is 10.5 Å². The van der Waals surface area contributed by atoms with E-state index in [2.05, 4.69) is 59.7 Å².